The fourth-order valence-electron chi connectivity index (χ4n) is 2.22. The van der Waals surface area contributed by atoms with Gasteiger partial charge in [-0.2, -0.15) is 0 Å². The molecule has 1 unspecified atom stereocenters. The Bertz CT molecular complexity index is 860. The number of anilines is 1. The summed E-state index contributed by atoms with van der Waals surface area (Å²) < 4.78 is -1.90. The van der Waals surface area contributed by atoms with Gasteiger partial charge in [-0.1, -0.05) is 77.3 Å². The first kappa shape index (κ1) is 22.2. The topological polar surface area (TPSA) is 93.3 Å². The number of carboxylic acids is 1. The van der Waals surface area contributed by atoms with Crippen molar-refractivity contribution < 1.29 is 14.7 Å². The predicted molar refractivity (Wildman–Crippen MR) is 112 cm³/mol. The highest BCUT2D eigenvalue weighted by Crippen LogP contribution is 2.29. The first-order chi connectivity index (χ1) is 13.1. The van der Waals surface area contributed by atoms with Crippen molar-refractivity contribution in [2.75, 3.05) is 5.32 Å². The molecule has 148 valence electrons. The van der Waals surface area contributed by atoms with Crippen molar-refractivity contribution in [2.45, 2.75) is 16.4 Å². The minimum Gasteiger partial charge on any atom is -0.545 e. The van der Waals surface area contributed by atoms with E-state index in [9.17, 15) is 14.7 Å². The largest absolute Gasteiger partial charge is 0.545 e. The highest BCUT2D eigenvalue weighted by molar-refractivity contribution is 7.80. The summed E-state index contributed by atoms with van der Waals surface area (Å²) in [6.07, 6.45) is -1.04. The van der Waals surface area contributed by atoms with Crippen LogP contribution < -0.4 is 21.1 Å². The molecule has 0 spiro atoms. The zero-order valence-electron chi connectivity index (χ0n) is 14.2. The van der Waals surface area contributed by atoms with Crippen molar-refractivity contribution in [3.63, 3.8) is 0 Å². The van der Waals surface area contributed by atoms with Gasteiger partial charge in [-0.25, -0.2) is 0 Å². The van der Waals surface area contributed by atoms with Crippen molar-refractivity contribution >= 4 is 69.7 Å². The number of rotatable bonds is 6. The summed E-state index contributed by atoms with van der Waals surface area (Å²) in [6.45, 7) is 0. The molecule has 10 heteroatoms. The molecule has 0 saturated heterocycles. The maximum absolute atomic E-state index is 12.3. The van der Waals surface area contributed by atoms with E-state index in [1.54, 1.807) is 18.2 Å². The maximum Gasteiger partial charge on any atom is 0.228 e. The molecular weight excluding hydrogens is 445 g/mol. The number of carboxylic acid groups (broad SMARTS) is 1. The molecular formula is C18H15Cl3N3O3S-. The molecule has 0 saturated carbocycles. The third kappa shape index (κ3) is 7.16. The first-order valence-electron chi connectivity index (χ1n) is 7.94. The number of hydrogen-bond donors (Lipinski definition) is 3. The van der Waals surface area contributed by atoms with Gasteiger partial charge in [-0.05, 0) is 35.5 Å². The lowest BCUT2D eigenvalue weighted by molar-refractivity contribution is -0.255. The molecule has 2 aromatic carbocycles. The number of hydrogen-bond acceptors (Lipinski definition) is 4. The van der Waals surface area contributed by atoms with Gasteiger partial charge in [-0.15, -0.1) is 0 Å². The molecule has 0 bridgehead atoms. The molecule has 0 radical (unpaired) electrons. The summed E-state index contributed by atoms with van der Waals surface area (Å²) in [4.78, 5) is 23.2. The van der Waals surface area contributed by atoms with E-state index in [0.29, 0.717) is 5.69 Å². The van der Waals surface area contributed by atoms with E-state index in [4.69, 9.17) is 47.0 Å². The van der Waals surface area contributed by atoms with Crippen molar-refractivity contribution in [2.24, 2.45) is 0 Å². The molecule has 0 aliphatic rings. The molecule has 1 atom stereocenters. The summed E-state index contributed by atoms with van der Waals surface area (Å²) in [5, 5.41) is 19.0. The van der Waals surface area contributed by atoms with E-state index >= 15 is 0 Å². The molecule has 6 nitrogen and oxygen atoms in total. The summed E-state index contributed by atoms with van der Waals surface area (Å²) in [5.41, 5.74) is 1.16. The molecule has 28 heavy (non-hydrogen) atoms. The smallest absolute Gasteiger partial charge is 0.228 e. The number of thiocarbonyl (C=S) groups is 1. The standard InChI is InChI=1S/C18H16Cl3N3O3S/c19-18(20,21)16(23-14(25)9-11-5-2-1-3-6-11)24-17(28)22-13-8-4-7-12(10-13)15(26)27/h1-8,10,16H,9H2,(H,23,25)(H,26,27)(H2,22,24,28)/p-1. The minimum atomic E-state index is -1.90. The first-order valence-corrected chi connectivity index (χ1v) is 9.48. The Hall–Kier alpha value is -2.06. The Labute approximate surface area is 182 Å². The Morgan fingerprint density at radius 2 is 1.71 bits per heavy atom. The quantitative estimate of drug-likeness (QED) is 0.349. The van der Waals surface area contributed by atoms with Gasteiger partial charge < -0.3 is 25.9 Å². The highest BCUT2D eigenvalue weighted by Gasteiger charge is 2.34. The van der Waals surface area contributed by atoms with E-state index in [0.717, 1.165) is 5.56 Å². The minimum absolute atomic E-state index is 0.0202. The molecule has 0 fully saturated rings. The number of aromatic carboxylic acids is 1. The van der Waals surface area contributed by atoms with Crippen LogP contribution in [0.4, 0.5) is 5.69 Å². The lowest BCUT2D eigenvalue weighted by Crippen LogP contribution is -2.56. The fraction of sp³-hybridized carbons (Fsp3) is 0.167. The number of halogens is 3. The van der Waals surface area contributed by atoms with Gasteiger partial charge >= 0.3 is 0 Å². The number of benzene rings is 2. The summed E-state index contributed by atoms with van der Waals surface area (Å²) in [5.74, 6) is -1.70. The molecule has 2 aromatic rings. The Morgan fingerprint density at radius 1 is 1.04 bits per heavy atom. The van der Waals surface area contributed by atoms with E-state index in [1.807, 2.05) is 18.2 Å². The molecule has 0 aromatic heterocycles. The maximum atomic E-state index is 12.3. The molecule has 0 aliphatic carbocycles. The summed E-state index contributed by atoms with van der Waals surface area (Å²) in [7, 11) is 0. The van der Waals surface area contributed by atoms with E-state index < -0.39 is 15.9 Å². The number of carbonyl (C=O) groups is 2. The predicted octanol–water partition coefficient (Wildman–Crippen LogP) is 2.39. The van der Waals surface area contributed by atoms with E-state index in [1.165, 1.54) is 18.2 Å². The fourth-order valence-corrected chi connectivity index (χ4v) is 2.78. The van der Waals surface area contributed by atoms with E-state index in [2.05, 4.69) is 16.0 Å². The zero-order chi connectivity index (χ0) is 20.7. The molecule has 0 aliphatic heterocycles. The number of nitrogens with one attached hydrogen (secondary N) is 3. The van der Waals surface area contributed by atoms with Crippen LogP contribution in [0.3, 0.4) is 0 Å². The Balaban J connectivity index is 2.01. The van der Waals surface area contributed by atoms with Crippen LogP contribution in [0.5, 0.6) is 0 Å². The number of alkyl halides is 3. The van der Waals surface area contributed by atoms with Crippen LogP contribution in [0.2, 0.25) is 0 Å². The van der Waals surface area contributed by atoms with Crippen LogP contribution in [-0.4, -0.2) is 26.9 Å². The SMILES string of the molecule is O=C(Cc1ccccc1)NC(NC(=S)Nc1cccc(C(=O)[O-])c1)C(Cl)(Cl)Cl. The van der Waals surface area contributed by atoms with Gasteiger partial charge in [0.2, 0.25) is 9.70 Å². The van der Waals surface area contributed by atoms with Gasteiger partial charge in [0.25, 0.3) is 0 Å². The van der Waals surface area contributed by atoms with Crippen molar-refractivity contribution in [1.82, 2.24) is 10.6 Å². The van der Waals surface area contributed by atoms with Gasteiger partial charge in [0.1, 0.15) is 6.17 Å². The van der Waals surface area contributed by atoms with Crippen LogP contribution >= 0.6 is 47.0 Å². The van der Waals surface area contributed by atoms with Crippen LogP contribution in [0.1, 0.15) is 15.9 Å². The Morgan fingerprint density at radius 3 is 2.32 bits per heavy atom. The highest BCUT2D eigenvalue weighted by atomic mass is 35.6. The van der Waals surface area contributed by atoms with Crippen LogP contribution in [0.15, 0.2) is 54.6 Å². The second-order valence-electron chi connectivity index (χ2n) is 5.67. The Kier molecular flexibility index (Phi) is 7.88. The third-order valence-corrected chi connectivity index (χ3v) is 4.35. The van der Waals surface area contributed by atoms with Crippen molar-refractivity contribution in [3.8, 4) is 0 Å². The second-order valence-corrected chi connectivity index (χ2v) is 8.45. The third-order valence-electron chi connectivity index (χ3n) is 3.47. The number of amides is 1. The van der Waals surface area contributed by atoms with Crippen LogP contribution in [-0.2, 0) is 11.2 Å². The van der Waals surface area contributed by atoms with Gasteiger partial charge in [0.15, 0.2) is 5.11 Å². The van der Waals surface area contributed by atoms with Crippen LogP contribution in [0.25, 0.3) is 0 Å². The van der Waals surface area contributed by atoms with Gasteiger partial charge in [-0.3, -0.25) is 4.79 Å². The molecule has 2 rings (SSSR count). The second kappa shape index (κ2) is 9.93. The van der Waals surface area contributed by atoms with Crippen molar-refractivity contribution in [3.05, 3.63) is 65.7 Å². The lowest BCUT2D eigenvalue weighted by Gasteiger charge is -2.28. The lowest BCUT2D eigenvalue weighted by atomic mass is 10.1. The average molecular weight is 460 g/mol. The van der Waals surface area contributed by atoms with Crippen molar-refractivity contribution in [1.29, 1.82) is 0 Å². The molecule has 3 N–H and O–H groups in total. The zero-order valence-corrected chi connectivity index (χ0v) is 17.3. The normalized spacial score (nSPS) is 12.0. The summed E-state index contributed by atoms with van der Waals surface area (Å²) >= 11 is 23.0. The average Bonchev–Trinajstić information content (AvgIpc) is 2.61. The summed E-state index contributed by atoms with van der Waals surface area (Å²) in [6, 6.07) is 14.9. The van der Waals surface area contributed by atoms with E-state index in [-0.39, 0.29) is 23.0 Å². The van der Waals surface area contributed by atoms with Gasteiger partial charge in [0.05, 0.1) is 12.4 Å². The number of carbonyl (C=O) groups excluding carboxylic acids is 2. The molecule has 0 heterocycles. The molecule has 1 amide bonds. The monoisotopic (exact) mass is 458 g/mol. The van der Waals surface area contributed by atoms with Gasteiger partial charge in [0, 0.05) is 5.69 Å². The van der Waals surface area contributed by atoms with Crippen LogP contribution in [0, 0.1) is 0 Å².